The SMILES string of the molecule is CCC(C)(CC)C(C)CN1C(=O)CC2C(CC(C)(C)NC2(C)C)OC1(CC)CC. The molecule has 2 rings (SSSR count). The van der Waals surface area contributed by atoms with Gasteiger partial charge in [-0.05, 0) is 58.3 Å². The van der Waals surface area contributed by atoms with Crippen molar-refractivity contribution in [3.8, 4) is 0 Å². The van der Waals surface area contributed by atoms with E-state index in [0.717, 1.165) is 38.6 Å². The molecule has 170 valence electrons. The molecule has 2 fully saturated rings. The predicted octanol–water partition coefficient (Wildman–Crippen LogP) is 5.75. The minimum absolute atomic E-state index is 0.00634. The molecule has 0 aliphatic carbocycles. The van der Waals surface area contributed by atoms with Gasteiger partial charge in [0.2, 0.25) is 5.91 Å². The Balaban J connectivity index is 2.43. The molecule has 0 saturated carbocycles. The number of piperidine rings is 1. The van der Waals surface area contributed by atoms with Crippen molar-refractivity contribution in [3.05, 3.63) is 0 Å². The largest absolute Gasteiger partial charge is 0.352 e. The number of carbonyl (C=O) groups excluding carboxylic acids is 1. The average molecular weight is 409 g/mol. The minimum atomic E-state index is -0.489. The molecule has 0 radical (unpaired) electrons. The molecule has 2 saturated heterocycles. The van der Waals surface area contributed by atoms with Gasteiger partial charge in [-0.25, -0.2) is 0 Å². The molecule has 1 amide bonds. The summed E-state index contributed by atoms with van der Waals surface area (Å²) in [5.41, 5.74) is -0.364. The lowest BCUT2D eigenvalue weighted by Gasteiger charge is -2.52. The molecule has 2 aliphatic heterocycles. The van der Waals surface area contributed by atoms with E-state index in [1.165, 1.54) is 0 Å². The molecule has 3 atom stereocenters. The Kier molecular flexibility index (Phi) is 7.22. The number of carbonyl (C=O) groups is 1. The molecule has 0 bridgehead atoms. The van der Waals surface area contributed by atoms with Crippen LogP contribution in [0.1, 0.15) is 108 Å². The number of rotatable bonds is 7. The first kappa shape index (κ1) is 24.7. The molecular weight excluding hydrogens is 360 g/mol. The van der Waals surface area contributed by atoms with E-state index in [0.29, 0.717) is 12.3 Å². The third kappa shape index (κ3) is 4.69. The van der Waals surface area contributed by atoms with E-state index in [2.05, 4.69) is 79.5 Å². The van der Waals surface area contributed by atoms with E-state index in [1.54, 1.807) is 0 Å². The maximum atomic E-state index is 13.7. The van der Waals surface area contributed by atoms with Crippen molar-refractivity contribution < 1.29 is 9.53 Å². The van der Waals surface area contributed by atoms with Crippen LogP contribution in [-0.4, -0.2) is 40.3 Å². The highest BCUT2D eigenvalue weighted by Crippen LogP contribution is 2.45. The van der Waals surface area contributed by atoms with Crippen molar-refractivity contribution in [2.45, 2.75) is 131 Å². The fourth-order valence-corrected chi connectivity index (χ4v) is 6.01. The average Bonchev–Trinajstić information content (AvgIpc) is 2.75. The second-order valence-corrected chi connectivity index (χ2v) is 11.3. The molecule has 0 aromatic heterocycles. The van der Waals surface area contributed by atoms with Crippen LogP contribution in [0.3, 0.4) is 0 Å². The second kappa shape index (κ2) is 8.49. The molecule has 0 aromatic carbocycles. The van der Waals surface area contributed by atoms with Crippen LogP contribution in [0.2, 0.25) is 0 Å². The van der Waals surface area contributed by atoms with Crippen molar-refractivity contribution in [2.24, 2.45) is 17.3 Å². The minimum Gasteiger partial charge on any atom is -0.352 e. The maximum absolute atomic E-state index is 13.7. The van der Waals surface area contributed by atoms with E-state index in [1.807, 2.05) is 0 Å². The zero-order valence-corrected chi connectivity index (χ0v) is 20.9. The zero-order valence-electron chi connectivity index (χ0n) is 20.9. The molecule has 0 aromatic rings. The fourth-order valence-electron chi connectivity index (χ4n) is 6.01. The fraction of sp³-hybridized carbons (Fsp3) is 0.960. The van der Waals surface area contributed by atoms with E-state index in [9.17, 15) is 4.79 Å². The number of nitrogens with zero attached hydrogens (tertiary/aromatic N) is 1. The van der Waals surface area contributed by atoms with Gasteiger partial charge >= 0.3 is 0 Å². The lowest BCUT2D eigenvalue weighted by molar-refractivity contribution is -0.208. The van der Waals surface area contributed by atoms with Crippen LogP contribution < -0.4 is 5.32 Å². The van der Waals surface area contributed by atoms with Crippen molar-refractivity contribution in [2.75, 3.05) is 6.54 Å². The van der Waals surface area contributed by atoms with Gasteiger partial charge in [-0.1, -0.05) is 54.4 Å². The normalized spacial score (nSPS) is 29.9. The monoisotopic (exact) mass is 408 g/mol. The van der Waals surface area contributed by atoms with Crippen molar-refractivity contribution >= 4 is 5.91 Å². The maximum Gasteiger partial charge on any atom is 0.225 e. The first-order valence-corrected chi connectivity index (χ1v) is 12.1. The first-order valence-electron chi connectivity index (χ1n) is 12.1. The zero-order chi connectivity index (χ0) is 22.3. The van der Waals surface area contributed by atoms with Crippen LogP contribution in [0, 0.1) is 17.3 Å². The number of hydrogen-bond donors (Lipinski definition) is 1. The van der Waals surface area contributed by atoms with E-state index >= 15 is 0 Å². The Bertz CT molecular complexity index is 575. The standard InChI is InChI=1S/C25H48N2O2/c1-11-24(10,12-2)18(5)17-27-21(28)15-19-20(29-25(27,13-3)14-4)16-22(6,7)26-23(19,8)9/h18-20,26H,11-17H2,1-10H3. The lowest BCUT2D eigenvalue weighted by Crippen LogP contribution is -2.65. The third-order valence-corrected chi connectivity index (χ3v) is 8.67. The molecule has 2 heterocycles. The van der Waals surface area contributed by atoms with Gasteiger partial charge in [0.1, 0.15) is 5.72 Å². The molecule has 4 nitrogen and oxygen atoms in total. The van der Waals surface area contributed by atoms with Crippen LogP contribution >= 0.6 is 0 Å². The Morgan fingerprint density at radius 2 is 1.69 bits per heavy atom. The summed E-state index contributed by atoms with van der Waals surface area (Å²) in [5.74, 6) is 0.909. The molecule has 29 heavy (non-hydrogen) atoms. The van der Waals surface area contributed by atoms with Crippen LogP contribution in [0.4, 0.5) is 0 Å². The van der Waals surface area contributed by atoms with Crippen LogP contribution in [0.5, 0.6) is 0 Å². The highest BCUT2D eigenvalue weighted by atomic mass is 16.5. The first-order chi connectivity index (χ1) is 13.3. The van der Waals surface area contributed by atoms with Crippen molar-refractivity contribution in [1.82, 2.24) is 10.2 Å². The summed E-state index contributed by atoms with van der Waals surface area (Å²) in [6.07, 6.45) is 5.58. The van der Waals surface area contributed by atoms with Crippen LogP contribution in [0.15, 0.2) is 0 Å². The summed E-state index contributed by atoms with van der Waals surface area (Å²) < 4.78 is 7.00. The predicted molar refractivity (Wildman–Crippen MR) is 122 cm³/mol. The van der Waals surface area contributed by atoms with Gasteiger partial charge in [-0.15, -0.1) is 0 Å². The lowest BCUT2D eigenvalue weighted by atomic mass is 9.71. The molecular formula is C25H48N2O2. The molecule has 3 unspecified atom stereocenters. The summed E-state index contributed by atoms with van der Waals surface area (Å²) in [5, 5.41) is 3.79. The number of hydrogen-bond acceptors (Lipinski definition) is 3. The number of nitrogens with one attached hydrogen (secondary N) is 1. The Hall–Kier alpha value is -0.610. The Morgan fingerprint density at radius 1 is 1.14 bits per heavy atom. The topological polar surface area (TPSA) is 41.6 Å². The summed E-state index contributed by atoms with van der Waals surface area (Å²) in [4.78, 5) is 15.9. The smallest absolute Gasteiger partial charge is 0.225 e. The highest BCUT2D eigenvalue weighted by Gasteiger charge is 2.54. The van der Waals surface area contributed by atoms with E-state index in [4.69, 9.17) is 4.74 Å². The Morgan fingerprint density at radius 3 is 2.17 bits per heavy atom. The number of amides is 1. The van der Waals surface area contributed by atoms with E-state index in [-0.39, 0.29) is 34.4 Å². The van der Waals surface area contributed by atoms with E-state index < -0.39 is 5.72 Å². The molecule has 0 spiro atoms. The summed E-state index contributed by atoms with van der Waals surface area (Å²) in [6.45, 7) is 23.4. The van der Waals surface area contributed by atoms with Gasteiger partial charge in [-0.3, -0.25) is 4.79 Å². The quantitative estimate of drug-likeness (QED) is 0.583. The summed E-state index contributed by atoms with van der Waals surface area (Å²) >= 11 is 0. The summed E-state index contributed by atoms with van der Waals surface area (Å²) in [7, 11) is 0. The third-order valence-electron chi connectivity index (χ3n) is 8.67. The number of ether oxygens (including phenoxy) is 1. The van der Waals surface area contributed by atoms with Crippen molar-refractivity contribution in [3.63, 3.8) is 0 Å². The van der Waals surface area contributed by atoms with Crippen LogP contribution in [0.25, 0.3) is 0 Å². The van der Waals surface area contributed by atoms with Gasteiger partial charge in [-0.2, -0.15) is 0 Å². The van der Waals surface area contributed by atoms with Gasteiger partial charge in [0.05, 0.1) is 6.10 Å². The molecule has 1 N–H and O–H groups in total. The summed E-state index contributed by atoms with van der Waals surface area (Å²) in [6, 6.07) is 0. The van der Waals surface area contributed by atoms with Crippen LogP contribution in [-0.2, 0) is 9.53 Å². The highest BCUT2D eigenvalue weighted by molar-refractivity contribution is 5.78. The van der Waals surface area contributed by atoms with Gasteiger partial charge in [0.25, 0.3) is 0 Å². The van der Waals surface area contributed by atoms with Gasteiger partial charge < -0.3 is 15.0 Å². The Labute approximate surface area is 180 Å². The van der Waals surface area contributed by atoms with Gasteiger partial charge in [0, 0.05) is 30.0 Å². The van der Waals surface area contributed by atoms with Crippen molar-refractivity contribution in [1.29, 1.82) is 0 Å². The molecule has 2 aliphatic rings. The van der Waals surface area contributed by atoms with Gasteiger partial charge in [0.15, 0.2) is 0 Å². The number of fused-ring (bicyclic) bond motifs is 1. The molecule has 4 heteroatoms. The second-order valence-electron chi connectivity index (χ2n) is 11.3.